The molecule has 21 heavy (non-hydrogen) atoms. The number of carboxylic acid groups (broad SMARTS) is 1. The summed E-state index contributed by atoms with van der Waals surface area (Å²) in [7, 11) is 0. The highest BCUT2D eigenvalue weighted by atomic mass is 35.5. The molecular formula is C13H16ClNO4S2. The van der Waals surface area contributed by atoms with E-state index in [1.807, 2.05) is 12.1 Å². The molecule has 2 heterocycles. The first-order valence-corrected chi connectivity index (χ1v) is 8.69. The number of hydrogen-bond acceptors (Lipinski definition) is 5. The molecule has 1 saturated heterocycles. The fourth-order valence-electron chi connectivity index (χ4n) is 1.99. The number of carbonyl (C=O) groups is 2. The predicted octanol–water partition coefficient (Wildman–Crippen LogP) is 2.24. The maximum atomic E-state index is 11.9. The number of aliphatic carboxylic acids is 1. The third-order valence-corrected chi connectivity index (χ3v) is 5.78. The number of rotatable bonds is 6. The number of carbonyl (C=O) groups excluding carboxylic acids is 1. The number of carboxylic acids is 1. The maximum absolute atomic E-state index is 11.9. The molecule has 0 bridgehead atoms. The summed E-state index contributed by atoms with van der Waals surface area (Å²) >= 11 is 8.80. The van der Waals surface area contributed by atoms with Crippen LogP contribution in [0.4, 0.5) is 0 Å². The molecule has 2 rings (SSSR count). The van der Waals surface area contributed by atoms with Gasteiger partial charge in [-0.05, 0) is 19.1 Å². The number of ether oxygens (including phenoxy) is 1. The van der Waals surface area contributed by atoms with Crippen molar-refractivity contribution < 1.29 is 19.4 Å². The van der Waals surface area contributed by atoms with Crippen LogP contribution >= 0.6 is 34.7 Å². The summed E-state index contributed by atoms with van der Waals surface area (Å²) in [4.78, 5) is 24.3. The zero-order valence-corrected chi connectivity index (χ0v) is 13.8. The van der Waals surface area contributed by atoms with E-state index in [9.17, 15) is 14.7 Å². The lowest BCUT2D eigenvalue weighted by Crippen LogP contribution is -2.50. The highest BCUT2D eigenvalue weighted by molar-refractivity contribution is 7.99. The molecule has 2 unspecified atom stereocenters. The average molecular weight is 350 g/mol. The van der Waals surface area contributed by atoms with Crippen molar-refractivity contribution in [1.82, 2.24) is 5.32 Å². The summed E-state index contributed by atoms with van der Waals surface area (Å²) in [6.45, 7) is 1.95. The van der Waals surface area contributed by atoms with Gasteiger partial charge in [0.25, 0.3) is 0 Å². The van der Waals surface area contributed by atoms with Crippen molar-refractivity contribution >= 4 is 46.6 Å². The second kappa shape index (κ2) is 7.00. The fraction of sp³-hybridized carbons (Fsp3) is 0.538. The average Bonchev–Trinajstić information content (AvgIpc) is 2.98. The minimum absolute atomic E-state index is 0.119. The Kier molecular flexibility index (Phi) is 5.54. The first-order valence-electron chi connectivity index (χ1n) is 6.34. The van der Waals surface area contributed by atoms with E-state index in [-0.39, 0.29) is 24.9 Å². The van der Waals surface area contributed by atoms with Gasteiger partial charge in [0, 0.05) is 10.6 Å². The largest absolute Gasteiger partial charge is 0.481 e. The minimum Gasteiger partial charge on any atom is -0.481 e. The van der Waals surface area contributed by atoms with Gasteiger partial charge in [-0.3, -0.25) is 9.59 Å². The lowest BCUT2D eigenvalue weighted by atomic mass is 9.85. The molecule has 0 radical (unpaired) electrons. The van der Waals surface area contributed by atoms with Gasteiger partial charge < -0.3 is 15.2 Å². The van der Waals surface area contributed by atoms with E-state index < -0.39 is 17.4 Å². The lowest BCUT2D eigenvalue weighted by molar-refractivity contribution is -0.148. The smallest absolute Gasteiger partial charge is 0.313 e. The van der Waals surface area contributed by atoms with Crippen LogP contribution in [0.25, 0.3) is 0 Å². The van der Waals surface area contributed by atoms with Crippen molar-refractivity contribution in [3.8, 4) is 0 Å². The van der Waals surface area contributed by atoms with Gasteiger partial charge >= 0.3 is 5.97 Å². The standard InChI is InChI=1S/C13H16ClNO4S2/c1-13(12(17)18)7-19-4-9(13)15-11(16)6-20-5-8-2-3-10(14)21-8/h2-3,9H,4-7H2,1H3,(H,15,16)(H,17,18). The summed E-state index contributed by atoms with van der Waals surface area (Å²) in [5.41, 5.74) is -1.05. The zero-order valence-electron chi connectivity index (χ0n) is 11.4. The Bertz CT molecular complexity index is 536. The Morgan fingerprint density at radius 2 is 2.38 bits per heavy atom. The second-order valence-corrected chi connectivity index (χ2v) is 7.84. The Morgan fingerprint density at radius 1 is 1.62 bits per heavy atom. The van der Waals surface area contributed by atoms with Gasteiger partial charge in [-0.2, -0.15) is 0 Å². The van der Waals surface area contributed by atoms with E-state index in [1.165, 1.54) is 23.1 Å². The normalized spacial score (nSPS) is 25.0. The molecular weight excluding hydrogens is 334 g/mol. The molecule has 1 aliphatic rings. The Hall–Kier alpha value is -0.760. The van der Waals surface area contributed by atoms with Crippen LogP contribution in [0, 0.1) is 5.41 Å². The third-order valence-electron chi connectivity index (χ3n) is 3.39. The van der Waals surface area contributed by atoms with Crippen molar-refractivity contribution in [3.63, 3.8) is 0 Å². The van der Waals surface area contributed by atoms with Gasteiger partial charge in [0.1, 0.15) is 5.41 Å². The quantitative estimate of drug-likeness (QED) is 0.823. The molecule has 116 valence electrons. The van der Waals surface area contributed by atoms with Gasteiger partial charge in [0.2, 0.25) is 5.91 Å². The number of amides is 1. The van der Waals surface area contributed by atoms with E-state index >= 15 is 0 Å². The van der Waals surface area contributed by atoms with Crippen LogP contribution in [0.5, 0.6) is 0 Å². The molecule has 2 atom stereocenters. The number of hydrogen-bond donors (Lipinski definition) is 2. The molecule has 1 aliphatic heterocycles. The van der Waals surface area contributed by atoms with Gasteiger partial charge in [0.15, 0.2) is 0 Å². The third kappa shape index (κ3) is 4.12. The Labute approximate surface area is 136 Å². The van der Waals surface area contributed by atoms with Crippen molar-refractivity contribution in [2.75, 3.05) is 19.0 Å². The highest BCUT2D eigenvalue weighted by Gasteiger charge is 2.47. The summed E-state index contributed by atoms with van der Waals surface area (Å²) in [5, 5.41) is 12.0. The Balaban J connectivity index is 1.78. The SMILES string of the molecule is CC1(C(=O)O)COCC1NC(=O)CSCc1ccc(Cl)s1. The van der Waals surface area contributed by atoms with Crippen molar-refractivity contribution in [1.29, 1.82) is 0 Å². The molecule has 1 amide bonds. The van der Waals surface area contributed by atoms with Crippen LogP contribution in [-0.4, -0.2) is 42.0 Å². The molecule has 2 N–H and O–H groups in total. The van der Waals surface area contributed by atoms with Crippen LogP contribution in [0.3, 0.4) is 0 Å². The van der Waals surface area contributed by atoms with Crippen LogP contribution in [0.1, 0.15) is 11.8 Å². The van der Waals surface area contributed by atoms with Gasteiger partial charge in [0.05, 0.1) is 29.3 Å². The summed E-state index contributed by atoms with van der Waals surface area (Å²) in [6.07, 6.45) is 0. The van der Waals surface area contributed by atoms with Crippen LogP contribution in [-0.2, 0) is 20.1 Å². The van der Waals surface area contributed by atoms with Gasteiger partial charge in [-0.15, -0.1) is 23.1 Å². The number of halogens is 1. The molecule has 1 aromatic rings. The van der Waals surface area contributed by atoms with Crippen LogP contribution in [0.15, 0.2) is 12.1 Å². The minimum atomic E-state index is -1.05. The van der Waals surface area contributed by atoms with Crippen molar-refractivity contribution in [2.45, 2.75) is 18.7 Å². The van der Waals surface area contributed by atoms with Crippen molar-refractivity contribution in [2.24, 2.45) is 5.41 Å². The number of nitrogens with one attached hydrogen (secondary N) is 1. The molecule has 0 saturated carbocycles. The first-order chi connectivity index (χ1) is 9.91. The molecule has 1 aromatic heterocycles. The fourth-order valence-corrected chi connectivity index (χ4v) is 4.03. The van der Waals surface area contributed by atoms with E-state index in [0.29, 0.717) is 5.75 Å². The van der Waals surface area contributed by atoms with Crippen molar-refractivity contribution in [3.05, 3.63) is 21.3 Å². The zero-order chi connectivity index (χ0) is 15.5. The van der Waals surface area contributed by atoms with Crippen LogP contribution in [0.2, 0.25) is 4.34 Å². The first kappa shape index (κ1) is 16.6. The summed E-state index contributed by atoms with van der Waals surface area (Å²) in [6, 6.07) is 3.28. The van der Waals surface area contributed by atoms with E-state index in [2.05, 4.69) is 5.32 Å². The van der Waals surface area contributed by atoms with Gasteiger partial charge in [-0.1, -0.05) is 11.6 Å². The highest BCUT2D eigenvalue weighted by Crippen LogP contribution is 2.29. The molecule has 0 spiro atoms. The molecule has 1 fully saturated rings. The van der Waals surface area contributed by atoms with Gasteiger partial charge in [-0.25, -0.2) is 0 Å². The predicted molar refractivity (Wildman–Crippen MR) is 84.0 cm³/mol. The number of thioether (sulfide) groups is 1. The lowest BCUT2D eigenvalue weighted by Gasteiger charge is -2.25. The maximum Gasteiger partial charge on any atom is 0.313 e. The molecule has 0 aliphatic carbocycles. The summed E-state index contributed by atoms with van der Waals surface area (Å²) < 4.78 is 5.93. The topological polar surface area (TPSA) is 75.6 Å². The van der Waals surface area contributed by atoms with Crippen LogP contribution < -0.4 is 5.32 Å². The van der Waals surface area contributed by atoms with E-state index in [0.717, 1.165) is 9.21 Å². The molecule has 0 aromatic carbocycles. The van der Waals surface area contributed by atoms with E-state index in [4.69, 9.17) is 16.3 Å². The number of thiophene rings is 1. The summed E-state index contributed by atoms with van der Waals surface area (Å²) in [5.74, 6) is -0.138. The van der Waals surface area contributed by atoms with E-state index in [1.54, 1.807) is 6.92 Å². The molecule has 5 nitrogen and oxygen atoms in total. The monoisotopic (exact) mass is 349 g/mol. The molecule has 8 heteroatoms. The Morgan fingerprint density at radius 3 is 3.00 bits per heavy atom. The second-order valence-electron chi connectivity index (χ2n) is 5.06.